The predicted molar refractivity (Wildman–Crippen MR) is 69.4 cm³/mol. The summed E-state index contributed by atoms with van der Waals surface area (Å²) in [6.45, 7) is 4.38. The van der Waals surface area contributed by atoms with Gasteiger partial charge in [0.05, 0.1) is 5.02 Å². The van der Waals surface area contributed by atoms with Crippen LogP contribution in [0.3, 0.4) is 0 Å². The zero-order chi connectivity index (χ0) is 11.9. The number of hydrogen-bond donors (Lipinski definition) is 0. The van der Waals surface area contributed by atoms with E-state index >= 15 is 0 Å². The summed E-state index contributed by atoms with van der Waals surface area (Å²) in [5.41, 5.74) is 2.18. The van der Waals surface area contributed by atoms with Crippen molar-refractivity contribution in [2.24, 2.45) is 7.05 Å². The summed E-state index contributed by atoms with van der Waals surface area (Å²) in [5, 5.41) is 1.99. The smallest absolute Gasteiger partial charge is 0.150 e. The minimum absolute atomic E-state index is 0.367. The Bertz CT molecular complexity index is 531. The van der Waals surface area contributed by atoms with Crippen LogP contribution in [0.1, 0.15) is 31.7 Å². The average molecular weight is 257 g/mol. The van der Waals surface area contributed by atoms with Crippen molar-refractivity contribution in [3.63, 3.8) is 0 Å². The minimum atomic E-state index is 0.367. The Labute approximate surface area is 105 Å². The molecule has 4 heteroatoms. The first-order valence-electron chi connectivity index (χ1n) is 5.35. The Hall–Kier alpha value is -0.730. The average Bonchev–Trinajstić information content (AvgIpc) is 2.56. The van der Waals surface area contributed by atoms with Crippen LogP contribution < -0.4 is 0 Å². The van der Waals surface area contributed by atoms with E-state index in [-0.39, 0.29) is 0 Å². The fourth-order valence-electron chi connectivity index (χ4n) is 1.89. The summed E-state index contributed by atoms with van der Waals surface area (Å²) in [6, 6.07) is 1.91. The third kappa shape index (κ3) is 1.80. The van der Waals surface area contributed by atoms with Gasteiger partial charge in [-0.3, -0.25) is 0 Å². The zero-order valence-corrected chi connectivity index (χ0v) is 11.1. The highest BCUT2D eigenvalue weighted by Crippen LogP contribution is 2.32. The Morgan fingerprint density at radius 1 is 1.44 bits per heavy atom. The maximum absolute atomic E-state index is 6.01. The summed E-state index contributed by atoms with van der Waals surface area (Å²) in [5.74, 6) is 0.503. The number of rotatable bonds is 2. The topological polar surface area (TPSA) is 17.8 Å². The lowest BCUT2D eigenvalue weighted by atomic mass is 9.99. The van der Waals surface area contributed by atoms with Crippen LogP contribution >= 0.6 is 23.2 Å². The molecule has 16 heavy (non-hydrogen) atoms. The summed E-state index contributed by atoms with van der Waals surface area (Å²) < 4.78 is 2.00. The standard InChI is InChI=1S/C12H14Cl2N2/c1-4-7(2)9-6-16(3)12-8(9)5-10(13)11(14)15-12/h5-7H,4H2,1-3H3. The number of nitrogens with zero attached hydrogens (tertiary/aromatic N) is 2. The van der Waals surface area contributed by atoms with Gasteiger partial charge in [0.25, 0.3) is 0 Å². The van der Waals surface area contributed by atoms with E-state index in [1.54, 1.807) is 0 Å². The molecule has 0 spiro atoms. The monoisotopic (exact) mass is 256 g/mol. The zero-order valence-electron chi connectivity index (χ0n) is 9.59. The highest BCUT2D eigenvalue weighted by Gasteiger charge is 2.14. The van der Waals surface area contributed by atoms with Gasteiger partial charge in [0, 0.05) is 18.6 Å². The van der Waals surface area contributed by atoms with Crippen molar-refractivity contribution < 1.29 is 0 Å². The molecule has 0 radical (unpaired) electrons. The van der Waals surface area contributed by atoms with Gasteiger partial charge in [0.2, 0.25) is 0 Å². The van der Waals surface area contributed by atoms with Gasteiger partial charge in [-0.2, -0.15) is 0 Å². The van der Waals surface area contributed by atoms with Crippen molar-refractivity contribution in [3.8, 4) is 0 Å². The van der Waals surface area contributed by atoms with Crippen molar-refractivity contribution in [1.82, 2.24) is 9.55 Å². The number of aromatic nitrogens is 2. The first-order chi connectivity index (χ1) is 7.54. The largest absolute Gasteiger partial charge is 0.335 e. The van der Waals surface area contributed by atoms with E-state index in [0.29, 0.717) is 16.1 Å². The van der Waals surface area contributed by atoms with Gasteiger partial charge in [-0.25, -0.2) is 4.98 Å². The molecule has 0 amide bonds. The molecule has 0 bridgehead atoms. The highest BCUT2D eigenvalue weighted by molar-refractivity contribution is 6.41. The van der Waals surface area contributed by atoms with Crippen LogP contribution in [0.2, 0.25) is 10.2 Å². The first kappa shape index (κ1) is 11.7. The number of halogens is 2. The number of hydrogen-bond acceptors (Lipinski definition) is 1. The third-order valence-electron chi connectivity index (χ3n) is 3.03. The molecule has 86 valence electrons. The predicted octanol–water partition coefficient (Wildman–Crippen LogP) is 4.39. The van der Waals surface area contributed by atoms with Gasteiger partial charge in [-0.1, -0.05) is 37.0 Å². The van der Waals surface area contributed by atoms with Gasteiger partial charge >= 0.3 is 0 Å². The third-order valence-corrected chi connectivity index (χ3v) is 3.71. The minimum Gasteiger partial charge on any atom is -0.335 e. The normalized spacial score (nSPS) is 13.3. The Balaban J connectivity index is 2.73. The van der Waals surface area contributed by atoms with Crippen molar-refractivity contribution >= 4 is 34.2 Å². The molecule has 2 heterocycles. The van der Waals surface area contributed by atoms with Crippen molar-refractivity contribution in [3.05, 3.63) is 28.0 Å². The SMILES string of the molecule is CCC(C)c1cn(C)c2nc(Cl)c(Cl)cc12. The van der Waals surface area contributed by atoms with Gasteiger partial charge in [0.15, 0.2) is 0 Å². The lowest BCUT2D eigenvalue weighted by Crippen LogP contribution is -1.89. The van der Waals surface area contributed by atoms with Gasteiger partial charge in [-0.05, 0) is 24.0 Å². The summed E-state index contributed by atoms with van der Waals surface area (Å²) in [7, 11) is 1.98. The molecule has 0 aliphatic carbocycles. The maximum atomic E-state index is 6.01. The fourth-order valence-corrected chi connectivity index (χ4v) is 2.18. The Morgan fingerprint density at radius 2 is 2.12 bits per heavy atom. The van der Waals surface area contributed by atoms with E-state index < -0.39 is 0 Å². The second kappa shape index (κ2) is 4.27. The van der Waals surface area contributed by atoms with Gasteiger partial charge in [-0.15, -0.1) is 0 Å². The maximum Gasteiger partial charge on any atom is 0.150 e. The highest BCUT2D eigenvalue weighted by atomic mass is 35.5. The summed E-state index contributed by atoms with van der Waals surface area (Å²) in [4.78, 5) is 4.31. The van der Waals surface area contributed by atoms with Gasteiger partial charge < -0.3 is 4.57 Å². The molecular formula is C12H14Cl2N2. The number of aryl methyl sites for hydroxylation is 1. The van der Waals surface area contributed by atoms with E-state index in [2.05, 4.69) is 25.0 Å². The molecule has 0 fully saturated rings. The molecule has 1 unspecified atom stereocenters. The van der Waals surface area contributed by atoms with Crippen LogP contribution in [0, 0.1) is 0 Å². The molecule has 1 atom stereocenters. The van der Waals surface area contributed by atoms with E-state index in [4.69, 9.17) is 23.2 Å². The van der Waals surface area contributed by atoms with Crippen molar-refractivity contribution in [2.45, 2.75) is 26.2 Å². The molecule has 0 saturated carbocycles. The van der Waals surface area contributed by atoms with Gasteiger partial charge in [0.1, 0.15) is 10.8 Å². The molecule has 2 rings (SSSR count). The molecule has 2 aromatic rings. The van der Waals surface area contributed by atoms with Crippen LogP contribution in [0.5, 0.6) is 0 Å². The molecular weight excluding hydrogens is 243 g/mol. The van der Waals surface area contributed by atoms with E-state index in [9.17, 15) is 0 Å². The first-order valence-corrected chi connectivity index (χ1v) is 6.11. The van der Waals surface area contributed by atoms with Crippen LogP contribution in [0.4, 0.5) is 0 Å². The Morgan fingerprint density at radius 3 is 2.75 bits per heavy atom. The lowest BCUT2D eigenvalue weighted by molar-refractivity contribution is 0.734. The molecule has 0 saturated heterocycles. The summed E-state index contributed by atoms with van der Waals surface area (Å²) >= 11 is 11.9. The molecule has 2 nitrogen and oxygen atoms in total. The van der Waals surface area contributed by atoms with E-state index in [0.717, 1.165) is 17.5 Å². The number of pyridine rings is 1. The van der Waals surface area contributed by atoms with Crippen molar-refractivity contribution in [1.29, 1.82) is 0 Å². The second-order valence-corrected chi connectivity index (χ2v) is 4.90. The van der Waals surface area contributed by atoms with Crippen LogP contribution in [-0.4, -0.2) is 9.55 Å². The number of fused-ring (bicyclic) bond motifs is 1. The molecule has 0 aliphatic rings. The van der Waals surface area contributed by atoms with Crippen LogP contribution in [0.15, 0.2) is 12.3 Å². The second-order valence-electron chi connectivity index (χ2n) is 4.14. The van der Waals surface area contributed by atoms with E-state index in [1.165, 1.54) is 5.56 Å². The van der Waals surface area contributed by atoms with Crippen LogP contribution in [0.25, 0.3) is 11.0 Å². The fraction of sp³-hybridized carbons (Fsp3) is 0.417. The quantitative estimate of drug-likeness (QED) is 0.729. The molecule has 2 aromatic heterocycles. The summed E-state index contributed by atoms with van der Waals surface area (Å²) in [6.07, 6.45) is 3.21. The lowest BCUT2D eigenvalue weighted by Gasteiger charge is -2.06. The van der Waals surface area contributed by atoms with Crippen LogP contribution in [-0.2, 0) is 7.05 Å². The molecule has 0 aliphatic heterocycles. The van der Waals surface area contributed by atoms with E-state index in [1.807, 2.05) is 17.7 Å². The Kier molecular flexibility index (Phi) is 3.13. The molecule has 0 N–H and O–H groups in total. The molecule has 0 aromatic carbocycles. The van der Waals surface area contributed by atoms with Crippen molar-refractivity contribution in [2.75, 3.05) is 0 Å².